The Balaban J connectivity index is 3.22. The minimum Gasteiger partial charge on any atom is -0.481 e. The Morgan fingerprint density at radius 2 is 2.18 bits per heavy atom. The molecule has 1 N–H and O–H groups in total. The van der Waals surface area contributed by atoms with E-state index < -0.39 is 12.6 Å². The molecule has 0 aromatic heterocycles. The lowest BCUT2D eigenvalue weighted by Crippen LogP contribution is -2.10. The lowest BCUT2D eigenvalue weighted by molar-refractivity contribution is -0.136. The van der Waals surface area contributed by atoms with Crippen LogP contribution in [0.25, 0.3) is 0 Å². The summed E-state index contributed by atoms with van der Waals surface area (Å²) < 4.78 is 28.8. The molecular weight excluding hydrogens is 298 g/mol. The molecular formula is C11H11BrF2O3. The lowest BCUT2D eigenvalue weighted by atomic mass is 10.0. The number of aliphatic carboxylic acids is 1. The number of aryl methyl sites for hydroxylation is 1. The Morgan fingerprint density at radius 1 is 1.53 bits per heavy atom. The van der Waals surface area contributed by atoms with Gasteiger partial charge in [-0.15, -0.1) is 0 Å². The number of halogens is 3. The number of hydrogen-bond donors (Lipinski definition) is 1. The number of rotatable bonds is 5. The van der Waals surface area contributed by atoms with Crippen molar-refractivity contribution in [1.82, 2.24) is 0 Å². The molecule has 0 saturated carbocycles. The highest BCUT2D eigenvalue weighted by Crippen LogP contribution is 2.28. The molecule has 0 aliphatic heterocycles. The van der Waals surface area contributed by atoms with Crippen molar-refractivity contribution in [3.05, 3.63) is 28.8 Å². The van der Waals surface area contributed by atoms with Gasteiger partial charge in [-0.25, -0.2) is 0 Å². The maximum Gasteiger partial charge on any atom is 0.387 e. The zero-order valence-electron chi connectivity index (χ0n) is 9.04. The van der Waals surface area contributed by atoms with E-state index in [1.54, 1.807) is 13.0 Å². The van der Waals surface area contributed by atoms with Gasteiger partial charge in [-0.1, -0.05) is 22.0 Å². The van der Waals surface area contributed by atoms with Crippen LogP contribution in [0.5, 0.6) is 5.75 Å². The van der Waals surface area contributed by atoms with Crippen LogP contribution in [0.2, 0.25) is 0 Å². The fraction of sp³-hybridized carbons (Fsp3) is 0.364. The van der Waals surface area contributed by atoms with Crippen LogP contribution in [-0.4, -0.2) is 17.7 Å². The van der Waals surface area contributed by atoms with Gasteiger partial charge in [0.2, 0.25) is 0 Å². The molecule has 1 rings (SSSR count). The van der Waals surface area contributed by atoms with Crippen molar-refractivity contribution in [3.8, 4) is 5.75 Å². The molecule has 0 heterocycles. The third-order valence-electron chi connectivity index (χ3n) is 2.13. The van der Waals surface area contributed by atoms with E-state index in [1.807, 2.05) is 0 Å². The van der Waals surface area contributed by atoms with Crippen LogP contribution < -0.4 is 4.74 Å². The van der Waals surface area contributed by atoms with Crippen LogP contribution in [0, 0.1) is 6.92 Å². The highest BCUT2D eigenvalue weighted by Gasteiger charge is 2.16. The van der Waals surface area contributed by atoms with Gasteiger partial charge in [-0.2, -0.15) is 8.78 Å². The van der Waals surface area contributed by atoms with E-state index >= 15 is 0 Å². The van der Waals surface area contributed by atoms with E-state index in [1.165, 1.54) is 6.07 Å². The van der Waals surface area contributed by atoms with Gasteiger partial charge in [0, 0.05) is 10.9 Å². The van der Waals surface area contributed by atoms with E-state index in [2.05, 4.69) is 20.7 Å². The van der Waals surface area contributed by atoms with Gasteiger partial charge in [-0.3, -0.25) is 4.79 Å². The fourth-order valence-corrected chi connectivity index (χ4v) is 2.03. The van der Waals surface area contributed by atoms with Gasteiger partial charge < -0.3 is 9.84 Å². The Morgan fingerprint density at radius 3 is 2.65 bits per heavy atom. The first-order valence-corrected chi connectivity index (χ1v) is 5.91. The third kappa shape index (κ3) is 3.96. The van der Waals surface area contributed by atoms with E-state index in [9.17, 15) is 13.6 Å². The van der Waals surface area contributed by atoms with Crippen molar-refractivity contribution in [2.75, 3.05) is 0 Å². The first-order valence-electron chi connectivity index (χ1n) is 4.79. The summed E-state index contributed by atoms with van der Waals surface area (Å²) in [7, 11) is 0. The van der Waals surface area contributed by atoms with Gasteiger partial charge >= 0.3 is 12.6 Å². The maximum atomic E-state index is 12.2. The Bertz CT molecular complexity index is 421. The zero-order chi connectivity index (χ0) is 13.0. The summed E-state index contributed by atoms with van der Waals surface area (Å²) in [5.74, 6) is -1.16. The SMILES string of the molecule is Cc1cc(CBr)c(CC(=O)O)c(OC(F)F)c1. The highest BCUT2D eigenvalue weighted by molar-refractivity contribution is 9.08. The highest BCUT2D eigenvalue weighted by atomic mass is 79.9. The number of benzene rings is 1. The summed E-state index contributed by atoms with van der Waals surface area (Å²) in [5, 5.41) is 9.14. The van der Waals surface area contributed by atoms with E-state index in [-0.39, 0.29) is 17.7 Å². The van der Waals surface area contributed by atoms with Crippen molar-refractivity contribution in [2.45, 2.75) is 25.3 Å². The van der Waals surface area contributed by atoms with E-state index in [4.69, 9.17) is 5.11 Å². The molecule has 3 nitrogen and oxygen atoms in total. The molecule has 0 unspecified atom stereocenters. The quantitative estimate of drug-likeness (QED) is 0.850. The maximum absolute atomic E-state index is 12.2. The van der Waals surface area contributed by atoms with Gasteiger partial charge in [0.15, 0.2) is 0 Å². The van der Waals surface area contributed by atoms with Crippen LogP contribution in [0.4, 0.5) is 8.78 Å². The number of alkyl halides is 3. The summed E-state index contributed by atoms with van der Waals surface area (Å²) in [6.07, 6.45) is -0.344. The average Bonchev–Trinajstić information content (AvgIpc) is 2.20. The Labute approximate surface area is 106 Å². The molecule has 94 valence electrons. The van der Waals surface area contributed by atoms with Crippen molar-refractivity contribution >= 4 is 21.9 Å². The molecule has 1 aromatic rings. The fourth-order valence-electron chi connectivity index (χ4n) is 1.53. The summed E-state index contributed by atoms with van der Waals surface area (Å²) in [6.45, 7) is -1.23. The normalized spacial score (nSPS) is 10.6. The number of carboxylic acid groups (broad SMARTS) is 1. The van der Waals surface area contributed by atoms with Crippen molar-refractivity contribution in [2.24, 2.45) is 0 Å². The van der Waals surface area contributed by atoms with Gasteiger partial charge in [0.25, 0.3) is 0 Å². The van der Waals surface area contributed by atoms with Gasteiger partial charge in [0.1, 0.15) is 5.75 Å². The van der Waals surface area contributed by atoms with Crippen molar-refractivity contribution < 1.29 is 23.4 Å². The van der Waals surface area contributed by atoms with Crippen molar-refractivity contribution in [1.29, 1.82) is 0 Å². The summed E-state index contributed by atoms with van der Waals surface area (Å²) in [4.78, 5) is 10.7. The average molecular weight is 309 g/mol. The monoisotopic (exact) mass is 308 g/mol. The largest absolute Gasteiger partial charge is 0.481 e. The molecule has 0 bridgehead atoms. The molecule has 1 aromatic carbocycles. The van der Waals surface area contributed by atoms with Crippen LogP contribution >= 0.6 is 15.9 Å². The number of hydrogen-bond acceptors (Lipinski definition) is 2. The van der Waals surface area contributed by atoms with E-state index in [0.29, 0.717) is 10.9 Å². The number of carbonyl (C=O) groups is 1. The second kappa shape index (κ2) is 5.95. The first-order chi connectivity index (χ1) is 7.93. The second-order valence-corrected chi connectivity index (χ2v) is 4.04. The molecule has 17 heavy (non-hydrogen) atoms. The Hall–Kier alpha value is -1.17. The molecule has 0 aliphatic carbocycles. The number of carboxylic acids is 1. The predicted molar refractivity (Wildman–Crippen MR) is 61.8 cm³/mol. The van der Waals surface area contributed by atoms with Crippen LogP contribution in [0.1, 0.15) is 16.7 Å². The Kier molecular flexibility index (Phi) is 4.86. The second-order valence-electron chi connectivity index (χ2n) is 3.48. The van der Waals surface area contributed by atoms with Crippen LogP contribution in [0.3, 0.4) is 0 Å². The zero-order valence-corrected chi connectivity index (χ0v) is 10.6. The molecule has 0 saturated heterocycles. The molecule has 0 fully saturated rings. The third-order valence-corrected chi connectivity index (χ3v) is 2.74. The van der Waals surface area contributed by atoms with Gasteiger partial charge in [-0.05, 0) is 24.1 Å². The predicted octanol–water partition coefficient (Wildman–Crippen LogP) is 3.12. The summed E-state index contributed by atoms with van der Waals surface area (Å²) in [6, 6.07) is 3.15. The number of ether oxygens (including phenoxy) is 1. The lowest BCUT2D eigenvalue weighted by Gasteiger charge is -2.14. The minimum atomic E-state index is -2.97. The van der Waals surface area contributed by atoms with Crippen molar-refractivity contribution in [3.63, 3.8) is 0 Å². The molecule has 0 radical (unpaired) electrons. The molecule has 0 spiro atoms. The van der Waals surface area contributed by atoms with Crippen LogP contribution in [0.15, 0.2) is 12.1 Å². The molecule has 0 amide bonds. The van der Waals surface area contributed by atoms with Gasteiger partial charge in [0.05, 0.1) is 6.42 Å². The molecule has 0 aliphatic rings. The summed E-state index contributed by atoms with van der Waals surface area (Å²) >= 11 is 3.20. The van der Waals surface area contributed by atoms with E-state index in [0.717, 1.165) is 5.56 Å². The molecule has 0 atom stereocenters. The summed E-state index contributed by atoms with van der Waals surface area (Å²) in [5.41, 5.74) is 1.66. The topological polar surface area (TPSA) is 46.5 Å². The molecule has 6 heteroatoms. The minimum absolute atomic E-state index is 0.0724. The van der Waals surface area contributed by atoms with Crippen LogP contribution in [-0.2, 0) is 16.5 Å². The smallest absolute Gasteiger partial charge is 0.387 e. The standard InChI is InChI=1S/C11H11BrF2O3/c1-6-2-7(5-12)8(4-10(15)16)9(3-6)17-11(13)14/h2-3,11H,4-5H2,1H3,(H,15,16). The first kappa shape index (κ1) is 13.9.